The fourth-order valence-corrected chi connectivity index (χ4v) is 7.62. The van der Waals surface area contributed by atoms with E-state index < -0.39 is 0 Å². The van der Waals surface area contributed by atoms with E-state index >= 15 is 0 Å². The average molecular weight is 687 g/mol. The van der Waals surface area contributed by atoms with E-state index in [2.05, 4.69) is 63.2 Å². The molecular formula is C48H78O2. The predicted molar refractivity (Wildman–Crippen MR) is 222 cm³/mol. The summed E-state index contributed by atoms with van der Waals surface area (Å²) in [4.78, 5) is 0. The smallest absolute Gasteiger partial charge is 0.135 e. The molecule has 0 unspecified atom stereocenters. The van der Waals surface area contributed by atoms with Crippen molar-refractivity contribution < 1.29 is 9.47 Å². The van der Waals surface area contributed by atoms with Gasteiger partial charge in [0.15, 0.2) is 0 Å². The standard InChI is InChI=1S/C48H78O2/c1-4-7-9-11-13-15-17-19-21-23-25-27-29-33-39-49-47-43-35-31-32-36-44(43)48(46-41-42(6-3)37-38-45(46)47)50-40-34-30-28-26-24-22-20-18-16-14-12-10-8-5-2/h31-32,35-38,41H,4-30,33-34,39-40H2,1-3H3. The molecule has 0 spiro atoms. The van der Waals surface area contributed by atoms with Gasteiger partial charge >= 0.3 is 0 Å². The molecule has 3 aromatic carbocycles. The maximum atomic E-state index is 6.67. The molecule has 0 aliphatic rings. The highest BCUT2D eigenvalue weighted by atomic mass is 16.5. The third-order valence-corrected chi connectivity index (χ3v) is 10.9. The van der Waals surface area contributed by atoms with Crippen molar-refractivity contribution in [1.82, 2.24) is 0 Å². The van der Waals surface area contributed by atoms with Gasteiger partial charge in [-0.2, -0.15) is 0 Å². The SMILES string of the molecule is CCCCCCCCCCCCCCCCOc1c2ccccc2c(OCCCCCCCCCCCCCCCC)c2cc(CC)ccc12. The molecule has 3 rings (SSSR count). The minimum Gasteiger partial charge on any atom is -0.492 e. The Morgan fingerprint density at radius 3 is 1.02 bits per heavy atom. The van der Waals surface area contributed by atoms with Crippen LogP contribution in [-0.4, -0.2) is 13.2 Å². The molecule has 0 amide bonds. The van der Waals surface area contributed by atoms with Crippen molar-refractivity contribution >= 4 is 21.5 Å². The Hall–Kier alpha value is -2.22. The number of benzene rings is 3. The van der Waals surface area contributed by atoms with E-state index in [0.717, 1.165) is 44.0 Å². The third-order valence-electron chi connectivity index (χ3n) is 10.9. The van der Waals surface area contributed by atoms with Gasteiger partial charge in [0.25, 0.3) is 0 Å². The van der Waals surface area contributed by atoms with E-state index in [1.165, 1.54) is 194 Å². The molecule has 0 aliphatic carbocycles. The quantitative estimate of drug-likeness (QED) is 0.0469. The number of unbranched alkanes of at least 4 members (excludes halogenated alkanes) is 26. The summed E-state index contributed by atoms with van der Waals surface area (Å²) in [5.41, 5.74) is 1.35. The Morgan fingerprint density at radius 2 is 0.660 bits per heavy atom. The van der Waals surface area contributed by atoms with E-state index in [1.807, 2.05) is 0 Å². The fraction of sp³-hybridized carbons (Fsp3) is 0.708. The average Bonchev–Trinajstić information content (AvgIpc) is 3.14. The van der Waals surface area contributed by atoms with Crippen LogP contribution in [0.3, 0.4) is 0 Å². The molecule has 0 heterocycles. The van der Waals surface area contributed by atoms with E-state index in [0.29, 0.717) is 0 Å². The second-order valence-electron chi connectivity index (χ2n) is 15.3. The first-order valence-electron chi connectivity index (χ1n) is 22.0. The lowest BCUT2D eigenvalue weighted by atomic mass is 9.98. The lowest BCUT2D eigenvalue weighted by molar-refractivity contribution is 0.306. The van der Waals surface area contributed by atoms with Gasteiger partial charge < -0.3 is 9.47 Å². The van der Waals surface area contributed by atoms with Crippen LogP contribution in [0.4, 0.5) is 0 Å². The van der Waals surface area contributed by atoms with Crippen LogP contribution in [0.25, 0.3) is 21.5 Å². The van der Waals surface area contributed by atoms with Gasteiger partial charge in [0, 0.05) is 21.5 Å². The summed E-state index contributed by atoms with van der Waals surface area (Å²) in [7, 11) is 0. The summed E-state index contributed by atoms with van der Waals surface area (Å²) in [5.74, 6) is 2.08. The normalized spacial score (nSPS) is 11.6. The zero-order chi connectivity index (χ0) is 35.3. The Balaban J connectivity index is 1.39. The molecule has 0 bridgehead atoms. The molecule has 3 aromatic rings. The molecule has 0 saturated carbocycles. The molecule has 2 heteroatoms. The van der Waals surface area contributed by atoms with Crippen LogP contribution in [0.1, 0.15) is 206 Å². The van der Waals surface area contributed by atoms with Crippen LogP contribution in [0.15, 0.2) is 42.5 Å². The summed E-state index contributed by atoms with van der Waals surface area (Å²) in [6.07, 6.45) is 39.6. The molecule has 50 heavy (non-hydrogen) atoms. The number of fused-ring (bicyclic) bond motifs is 2. The molecule has 0 N–H and O–H groups in total. The van der Waals surface area contributed by atoms with Crippen LogP contribution in [0.5, 0.6) is 11.5 Å². The Labute approximate surface area is 309 Å². The van der Waals surface area contributed by atoms with Crippen LogP contribution < -0.4 is 9.47 Å². The van der Waals surface area contributed by atoms with E-state index in [-0.39, 0.29) is 0 Å². The van der Waals surface area contributed by atoms with Gasteiger partial charge in [-0.15, -0.1) is 0 Å². The topological polar surface area (TPSA) is 18.5 Å². The highest BCUT2D eigenvalue weighted by Gasteiger charge is 2.16. The number of ether oxygens (including phenoxy) is 2. The largest absolute Gasteiger partial charge is 0.492 e. The maximum Gasteiger partial charge on any atom is 0.135 e. The summed E-state index contributed by atoms with van der Waals surface area (Å²) in [6.45, 7) is 8.41. The molecule has 0 atom stereocenters. The van der Waals surface area contributed by atoms with Crippen molar-refractivity contribution in [2.75, 3.05) is 13.2 Å². The van der Waals surface area contributed by atoms with Crippen molar-refractivity contribution in [1.29, 1.82) is 0 Å². The molecule has 2 nitrogen and oxygen atoms in total. The van der Waals surface area contributed by atoms with E-state index in [9.17, 15) is 0 Å². The maximum absolute atomic E-state index is 6.67. The predicted octanol–water partition coefficient (Wildman–Crippen LogP) is 16.3. The number of hydrogen-bond donors (Lipinski definition) is 0. The molecule has 0 saturated heterocycles. The zero-order valence-electron chi connectivity index (χ0n) is 33.3. The van der Waals surface area contributed by atoms with Gasteiger partial charge in [-0.3, -0.25) is 0 Å². The molecular weight excluding hydrogens is 609 g/mol. The van der Waals surface area contributed by atoms with Gasteiger partial charge in [0.1, 0.15) is 11.5 Å². The Bertz CT molecular complexity index is 1250. The van der Waals surface area contributed by atoms with Crippen LogP contribution in [0, 0.1) is 0 Å². The van der Waals surface area contributed by atoms with E-state index in [4.69, 9.17) is 9.47 Å². The van der Waals surface area contributed by atoms with Crippen molar-refractivity contribution in [2.45, 2.75) is 207 Å². The minimum atomic E-state index is 0.784. The highest BCUT2D eigenvalue weighted by Crippen LogP contribution is 2.43. The van der Waals surface area contributed by atoms with Gasteiger partial charge in [-0.05, 0) is 30.9 Å². The Kier molecular flexibility index (Phi) is 23.9. The Morgan fingerprint density at radius 1 is 0.340 bits per heavy atom. The second-order valence-corrected chi connectivity index (χ2v) is 15.3. The molecule has 0 fully saturated rings. The molecule has 0 aromatic heterocycles. The first-order chi connectivity index (χ1) is 24.8. The fourth-order valence-electron chi connectivity index (χ4n) is 7.62. The monoisotopic (exact) mass is 687 g/mol. The molecule has 0 aliphatic heterocycles. The summed E-state index contributed by atoms with van der Waals surface area (Å²) >= 11 is 0. The first kappa shape index (κ1) is 42.2. The number of hydrogen-bond acceptors (Lipinski definition) is 2. The van der Waals surface area contributed by atoms with Crippen molar-refractivity contribution in [2.24, 2.45) is 0 Å². The van der Waals surface area contributed by atoms with Crippen molar-refractivity contribution in [3.63, 3.8) is 0 Å². The molecule has 0 radical (unpaired) electrons. The third kappa shape index (κ3) is 16.9. The summed E-state index contributed by atoms with van der Waals surface area (Å²) in [6, 6.07) is 15.6. The summed E-state index contributed by atoms with van der Waals surface area (Å²) < 4.78 is 13.3. The van der Waals surface area contributed by atoms with Gasteiger partial charge in [0.05, 0.1) is 13.2 Å². The second kappa shape index (κ2) is 28.4. The number of rotatable bonds is 33. The lowest BCUT2D eigenvalue weighted by Crippen LogP contribution is -2.03. The lowest BCUT2D eigenvalue weighted by Gasteiger charge is -2.18. The summed E-state index contributed by atoms with van der Waals surface area (Å²) in [5, 5.41) is 4.78. The highest BCUT2D eigenvalue weighted by molar-refractivity contribution is 6.11. The van der Waals surface area contributed by atoms with Gasteiger partial charge in [-0.1, -0.05) is 224 Å². The molecule has 282 valence electrons. The minimum absolute atomic E-state index is 0.784. The number of aryl methyl sites for hydroxylation is 1. The van der Waals surface area contributed by atoms with Gasteiger partial charge in [0.2, 0.25) is 0 Å². The van der Waals surface area contributed by atoms with Gasteiger partial charge in [-0.25, -0.2) is 0 Å². The van der Waals surface area contributed by atoms with Crippen LogP contribution in [0.2, 0.25) is 0 Å². The van der Waals surface area contributed by atoms with Crippen molar-refractivity contribution in [3.8, 4) is 11.5 Å². The van der Waals surface area contributed by atoms with Crippen LogP contribution >= 0.6 is 0 Å². The van der Waals surface area contributed by atoms with E-state index in [1.54, 1.807) is 0 Å². The first-order valence-corrected chi connectivity index (χ1v) is 22.0. The van der Waals surface area contributed by atoms with Crippen LogP contribution in [-0.2, 0) is 6.42 Å². The van der Waals surface area contributed by atoms with Crippen molar-refractivity contribution in [3.05, 3.63) is 48.0 Å². The zero-order valence-corrected chi connectivity index (χ0v) is 33.3.